The molecule has 0 fully saturated rings. The van der Waals surface area contributed by atoms with Crippen molar-refractivity contribution in [3.8, 4) is 16.5 Å². The van der Waals surface area contributed by atoms with Gasteiger partial charge >= 0.3 is 5.97 Å². The molecule has 0 aliphatic heterocycles. The number of thiophene rings is 1. The molecule has 0 saturated carbocycles. The molecular weight excluding hydrogens is 413 g/mol. The fourth-order valence-electron chi connectivity index (χ4n) is 2.74. The van der Waals surface area contributed by atoms with Gasteiger partial charge in [0.15, 0.2) is 10.9 Å². The Hall–Kier alpha value is -2.91. The molecule has 6 nitrogen and oxygen atoms in total. The van der Waals surface area contributed by atoms with Crippen LogP contribution in [0.5, 0.6) is 0 Å². The lowest BCUT2D eigenvalue weighted by Crippen LogP contribution is -2.12. The summed E-state index contributed by atoms with van der Waals surface area (Å²) >= 11 is 2.90. The summed E-state index contributed by atoms with van der Waals surface area (Å²) in [5, 5.41) is 2.54. The minimum atomic E-state index is -0.554. The van der Waals surface area contributed by atoms with E-state index in [-0.39, 0.29) is 18.1 Å². The number of rotatable bonds is 6. The van der Waals surface area contributed by atoms with Crippen molar-refractivity contribution < 1.29 is 18.3 Å². The van der Waals surface area contributed by atoms with Crippen molar-refractivity contribution in [1.29, 1.82) is 0 Å². The number of hydrogen-bond acceptors (Lipinski definition) is 7. The van der Waals surface area contributed by atoms with Crippen LogP contribution in [0.4, 0.5) is 4.39 Å². The van der Waals surface area contributed by atoms with E-state index in [1.165, 1.54) is 41.4 Å². The van der Waals surface area contributed by atoms with Gasteiger partial charge in [-0.05, 0) is 48.9 Å². The van der Waals surface area contributed by atoms with Crippen LogP contribution < -0.4 is 0 Å². The lowest BCUT2D eigenvalue weighted by molar-refractivity contribution is 0.0456. The summed E-state index contributed by atoms with van der Waals surface area (Å²) in [4.78, 5) is 22.3. The number of halogens is 1. The van der Waals surface area contributed by atoms with Crippen LogP contribution in [0.1, 0.15) is 21.9 Å². The quantitative estimate of drug-likeness (QED) is 0.313. The molecule has 0 saturated heterocycles. The largest absolute Gasteiger partial charge is 0.454 e. The Bertz CT molecular complexity index is 1130. The van der Waals surface area contributed by atoms with E-state index >= 15 is 0 Å². The van der Waals surface area contributed by atoms with Gasteiger partial charge in [0.1, 0.15) is 23.9 Å². The van der Waals surface area contributed by atoms with E-state index in [1.807, 2.05) is 23.8 Å². The summed E-state index contributed by atoms with van der Waals surface area (Å²) < 4.78 is 26.1. The van der Waals surface area contributed by atoms with Crippen LogP contribution in [0.15, 0.2) is 57.5 Å². The minimum absolute atomic E-state index is 0.0251. The Labute approximate surface area is 174 Å². The van der Waals surface area contributed by atoms with E-state index in [9.17, 15) is 9.18 Å². The SMILES string of the molecule is CSc1ncc(C(=O)OCc2nc(-c3cccs3)oc2C)n1-c1ccc(F)cc1. The zero-order valence-electron chi connectivity index (χ0n) is 15.6. The number of benzene rings is 1. The van der Waals surface area contributed by atoms with Crippen LogP contribution in [0, 0.1) is 12.7 Å². The van der Waals surface area contributed by atoms with Crippen LogP contribution >= 0.6 is 23.1 Å². The van der Waals surface area contributed by atoms with E-state index in [4.69, 9.17) is 9.15 Å². The van der Waals surface area contributed by atoms with Crippen molar-refractivity contribution in [3.05, 3.63) is 70.9 Å². The number of nitrogens with zero attached hydrogens (tertiary/aromatic N) is 3. The van der Waals surface area contributed by atoms with Gasteiger partial charge in [-0.2, -0.15) is 0 Å². The maximum absolute atomic E-state index is 13.3. The van der Waals surface area contributed by atoms with Crippen molar-refractivity contribution in [2.75, 3.05) is 6.26 Å². The highest BCUT2D eigenvalue weighted by Crippen LogP contribution is 2.27. The standard InChI is InChI=1S/C20H16FN3O3S2/c1-12-15(23-18(27-12)17-4-3-9-29-17)11-26-19(25)16-10-22-20(28-2)24(16)14-7-5-13(21)6-8-14/h3-10H,11H2,1-2H3. The van der Waals surface area contributed by atoms with Gasteiger partial charge in [0, 0.05) is 5.69 Å². The number of carbonyl (C=O) groups excluding carboxylic acids is 1. The number of aryl methyl sites for hydroxylation is 1. The molecule has 0 aliphatic carbocycles. The Morgan fingerprint density at radius 3 is 2.79 bits per heavy atom. The molecule has 0 unspecified atom stereocenters. The molecule has 0 amide bonds. The fourth-order valence-corrected chi connectivity index (χ4v) is 3.93. The normalized spacial score (nSPS) is 11.0. The van der Waals surface area contributed by atoms with Crippen LogP contribution in [0.2, 0.25) is 0 Å². The molecule has 3 heterocycles. The first-order valence-corrected chi connectivity index (χ1v) is 10.7. The highest BCUT2D eigenvalue weighted by molar-refractivity contribution is 7.98. The van der Waals surface area contributed by atoms with E-state index in [0.29, 0.717) is 28.2 Å². The summed E-state index contributed by atoms with van der Waals surface area (Å²) in [6.07, 6.45) is 3.30. The summed E-state index contributed by atoms with van der Waals surface area (Å²) in [7, 11) is 0. The molecule has 4 aromatic rings. The van der Waals surface area contributed by atoms with Gasteiger partial charge in [-0.3, -0.25) is 4.57 Å². The molecule has 29 heavy (non-hydrogen) atoms. The molecule has 3 aromatic heterocycles. The van der Waals surface area contributed by atoms with Crippen molar-refractivity contribution in [3.63, 3.8) is 0 Å². The first-order valence-electron chi connectivity index (χ1n) is 8.62. The van der Waals surface area contributed by atoms with E-state index in [0.717, 1.165) is 4.88 Å². The molecule has 0 atom stereocenters. The second-order valence-corrected chi connectivity index (χ2v) is 7.74. The molecule has 1 aromatic carbocycles. The minimum Gasteiger partial charge on any atom is -0.454 e. The molecule has 0 N–H and O–H groups in total. The van der Waals surface area contributed by atoms with Gasteiger partial charge in [-0.1, -0.05) is 17.8 Å². The summed E-state index contributed by atoms with van der Waals surface area (Å²) in [5.74, 6) is 0.191. The smallest absolute Gasteiger partial charge is 0.357 e. The third-order valence-electron chi connectivity index (χ3n) is 4.17. The maximum atomic E-state index is 13.3. The maximum Gasteiger partial charge on any atom is 0.357 e. The predicted octanol–water partition coefficient (Wildman–Crippen LogP) is 5.12. The number of aromatic nitrogens is 3. The van der Waals surface area contributed by atoms with E-state index in [2.05, 4.69) is 9.97 Å². The van der Waals surface area contributed by atoms with Crippen molar-refractivity contribution in [2.24, 2.45) is 0 Å². The van der Waals surface area contributed by atoms with Crippen LogP contribution in [-0.2, 0) is 11.3 Å². The lowest BCUT2D eigenvalue weighted by atomic mass is 10.3. The first-order chi connectivity index (χ1) is 14.1. The molecule has 4 rings (SSSR count). The fraction of sp³-hybridized carbons (Fsp3) is 0.150. The Morgan fingerprint density at radius 1 is 1.31 bits per heavy atom. The summed E-state index contributed by atoms with van der Waals surface area (Å²) in [6, 6.07) is 9.67. The number of thioether (sulfide) groups is 1. The van der Waals surface area contributed by atoms with Gasteiger partial charge in [0.05, 0.1) is 11.1 Å². The second-order valence-electron chi connectivity index (χ2n) is 6.02. The zero-order chi connectivity index (χ0) is 20.4. The summed E-state index contributed by atoms with van der Waals surface area (Å²) in [5.41, 5.74) is 1.43. The molecular formula is C20H16FN3O3S2. The molecule has 0 bridgehead atoms. The number of oxazole rings is 1. The van der Waals surface area contributed by atoms with Gasteiger partial charge < -0.3 is 9.15 Å². The molecule has 148 valence electrons. The van der Waals surface area contributed by atoms with E-state index < -0.39 is 5.97 Å². The van der Waals surface area contributed by atoms with Crippen LogP contribution in [0.3, 0.4) is 0 Å². The number of ether oxygens (including phenoxy) is 1. The highest BCUT2D eigenvalue weighted by atomic mass is 32.2. The second kappa shape index (κ2) is 8.22. The average Bonchev–Trinajstić information content (AvgIpc) is 3.46. The number of hydrogen-bond donors (Lipinski definition) is 0. The molecule has 9 heteroatoms. The lowest BCUT2D eigenvalue weighted by Gasteiger charge is -2.10. The topological polar surface area (TPSA) is 70.2 Å². The van der Waals surface area contributed by atoms with Gasteiger partial charge in [0.2, 0.25) is 5.89 Å². The number of esters is 1. The molecule has 0 spiro atoms. The third-order valence-corrected chi connectivity index (χ3v) is 5.68. The monoisotopic (exact) mass is 429 g/mol. The van der Waals surface area contributed by atoms with Gasteiger partial charge in [0.25, 0.3) is 0 Å². The summed E-state index contributed by atoms with van der Waals surface area (Å²) in [6.45, 7) is 1.75. The van der Waals surface area contributed by atoms with Gasteiger partial charge in [-0.15, -0.1) is 11.3 Å². The zero-order valence-corrected chi connectivity index (χ0v) is 17.2. The predicted molar refractivity (Wildman–Crippen MR) is 109 cm³/mol. The Kier molecular flexibility index (Phi) is 5.50. The number of imidazole rings is 1. The molecule has 0 aliphatic rings. The van der Waals surface area contributed by atoms with E-state index in [1.54, 1.807) is 23.6 Å². The van der Waals surface area contributed by atoms with Crippen LogP contribution in [0.25, 0.3) is 16.5 Å². The Morgan fingerprint density at radius 2 is 2.10 bits per heavy atom. The van der Waals surface area contributed by atoms with Gasteiger partial charge in [-0.25, -0.2) is 19.2 Å². The number of carbonyl (C=O) groups is 1. The van der Waals surface area contributed by atoms with Crippen molar-refractivity contribution in [2.45, 2.75) is 18.7 Å². The first kappa shape index (κ1) is 19.4. The highest BCUT2D eigenvalue weighted by Gasteiger charge is 2.21. The molecule has 0 radical (unpaired) electrons. The van der Waals surface area contributed by atoms with Crippen molar-refractivity contribution in [1.82, 2.24) is 14.5 Å². The third kappa shape index (κ3) is 3.96. The van der Waals surface area contributed by atoms with Crippen LogP contribution in [-0.4, -0.2) is 26.8 Å². The van der Waals surface area contributed by atoms with Crippen molar-refractivity contribution >= 4 is 29.1 Å². The Balaban J connectivity index is 1.55. The average molecular weight is 429 g/mol.